The average molecular weight is 272 g/mol. The lowest BCUT2D eigenvalue weighted by molar-refractivity contribution is 0.0786. The summed E-state index contributed by atoms with van der Waals surface area (Å²) in [7, 11) is 1.67. The average Bonchev–Trinajstić information content (AvgIpc) is 2.38. The van der Waals surface area contributed by atoms with Crippen molar-refractivity contribution in [1.82, 2.24) is 4.90 Å². The number of aryl methyl sites for hydroxylation is 1. The summed E-state index contributed by atoms with van der Waals surface area (Å²) in [5, 5.41) is 0. The fourth-order valence-electron chi connectivity index (χ4n) is 2.06. The van der Waals surface area contributed by atoms with Crippen LogP contribution in [0.15, 0.2) is 42.5 Å². The van der Waals surface area contributed by atoms with E-state index < -0.39 is 0 Å². The van der Waals surface area contributed by atoms with Crippen molar-refractivity contribution in [3.8, 4) is 0 Å². The van der Waals surface area contributed by atoms with E-state index in [2.05, 4.69) is 0 Å². The molecule has 0 aromatic heterocycles. The SMILES string of the molecule is Cc1ccc(C(=O)N(C)Cc2cccc(F)c2)c(N)c1. The number of carbonyl (C=O) groups is 1. The molecular weight excluding hydrogens is 255 g/mol. The summed E-state index contributed by atoms with van der Waals surface area (Å²) in [6.07, 6.45) is 0. The van der Waals surface area contributed by atoms with Gasteiger partial charge in [-0.3, -0.25) is 4.79 Å². The van der Waals surface area contributed by atoms with Gasteiger partial charge in [-0.05, 0) is 42.3 Å². The normalized spacial score (nSPS) is 10.3. The molecule has 0 bridgehead atoms. The van der Waals surface area contributed by atoms with Gasteiger partial charge >= 0.3 is 0 Å². The predicted molar refractivity (Wildman–Crippen MR) is 77.8 cm³/mol. The number of hydrogen-bond donors (Lipinski definition) is 1. The quantitative estimate of drug-likeness (QED) is 0.873. The zero-order chi connectivity index (χ0) is 14.7. The van der Waals surface area contributed by atoms with Crippen LogP contribution < -0.4 is 5.73 Å². The number of halogens is 1. The van der Waals surface area contributed by atoms with Crippen LogP contribution in [0, 0.1) is 12.7 Å². The van der Waals surface area contributed by atoms with Crippen LogP contribution in [0.5, 0.6) is 0 Å². The number of carbonyl (C=O) groups excluding carboxylic acids is 1. The Morgan fingerprint density at radius 1 is 1.25 bits per heavy atom. The van der Waals surface area contributed by atoms with E-state index in [4.69, 9.17) is 5.73 Å². The molecule has 0 aliphatic carbocycles. The molecule has 4 heteroatoms. The monoisotopic (exact) mass is 272 g/mol. The molecule has 0 saturated heterocycles. The first-order valence-electron chi connectivity index (χ1n) is 6.33. The van der Waals surface area contributed by atoms with E-state index in [1.165, 1.54) is 17.0 Å². The second-order valence-electron chi connectivity index (χ2n) is 4.88. The van der Waals surface area contributed by atoms with E-state index >= 15 is 0 Å². The van der Waals surface area contributed by atoms with Gasteiger partial charge in [-0.2, -0.15) is 0 Å². The first-order chi connectivity index (χ1) is 9.47. The van der Waals surface area contributed by atoms with E-state index in [-0.39, 0.29) is 11.7 Å². The summed E-state index contributed by atoms with van der Waals surface area (Å²) in [5.74, 6) is -0.482. The highest BCUT2D eigenvalue weighted by atomic mass is 19.1. The summed E-state index contributed by atoms with van der Waals surface area (Å²) in [6.45, 7) is 2.25. The van der Waals surface area contributed by atoms with E-state index in [0.29, 0.717) is 17.8 Å². The number of anilines is 1. The third kappa shape index (κ3) is 3.15. The molecule has 20 heavy (non-hydrogen) atoms. The molecule has 0 unspecified atom stereocenters. The van der Waals surface area contributed by atoms with Crippen LogP contribution >= 0.6 is 0 Å². The molecule has 1 amide bonds. The van der Waals surface area contributed by atoms with Crippen molar-refractivity contribution in [2.45, 2.75) is 13.5 Å². The van der Waals surface area contributed by atoms with E-state index in [0.717, 1.165) is 11.1 Å². The molecule has 2 aromatic rings. The van der Waals surface area contributed by atoms with Gasteiger partial charge in [0.15, 0.2) is 0 Å². The van der Waals surface area contributed by atoms with Crippen LogP contribution in [-0.2, 0) is 6.54 Å². The fraction of sp³-hybridized carbons (Fsp3) is 0.188. The molecule has 2 rings (SSSR count). The molecular formula is C16H17FN2O. The Bertz CT molecular complexity index is 640. The first-order valence-corrected chi connectivity index (χ1v) is 6.33. The highest BCUT2D eigenvalue weighted by molar-refractivity contribution is 5.99. The zero-order valence-corrected chi connectivity index (χ0v) is 11.6. The summed E-state index contributed by atoms with van der Waals surface area (Å²) >= 11 is 0. The van der Waals surface area contributed by atoms with Gasteiger partial charge in [-0.15, -0.1) is 0 Å². The van der Waals surface area contributed by atoms with Gasteiger partial charge in [0.1, 0.15) is 5.82 Å². The summed E-state index contributed by atoms with van der Waals surface area (Å²) in [4.78, 5) is 13.8. The summed E-state index contributed by atoms with van der Waals surface area (Å²) in [6, 6.07) is 11.5. The number of benzene rings is 2. The minimum absolute atomic E-state index is 0.174. The third-order valence-corrected chi connectivity index (χ3v) is 3.09. The van der Waals surface area contributed by atoms with Gasteiger partial charge in [0.25, 0.3) is 5.91 Å². The molecule has 0 aliphatic heterocycles. The first kappa shape index (κ1) is 14.1. The minimum Gasteiger partial charge on any atom is -0.398 e. The van der Waals surface area contributed by atoms with Crippen molar-refractivity contribution >= 4 is 11.6 Å². The second kappa shape index (κ2) is 5.74. The molecule has 0 saturated carbocycles. The molecule has 104 valence electrons. The van der Waals surface area contributed by atoms with Crippen LogP contribution in [0.2, 0.25) is 0 Å². The second-order valence-corrected chi connectivity index (χ2v) is 4.88. The van der Waals surface area contributed by atoms with Crippen LogP contribution in [0.1, 0.15) is 21.5 Å². The fourth-order valence-corrected chi connectivity index (χ4v) is 2.06. The Labute approximate surface area is 117 Å². The predicted octanol–water partition coefficient (Wildman–Crippen LogP) is 2.99. The lowest BCUT2D eigenvalue weighted by atomic mass is 10.1. The number of amides is 1. The smallest absolute Gasteiger partial charge is 0.255 e. The maximum atomic E-state index is 13.1. The van der Waals surface area contributed by atoms with Gasteiger partial charge in [0.2, 0.25) is 0 Å². The van der Waals surface area contributed by atoms with Crippen molar-refractivity contribution in [1.29, 1.82) is 0 Å². The Balaban J connectivity index is 2.16. The van der Waals surface area contributed by atoms with Crippen LogP contribution in [-0.4, -0.2) is 17.9 Å². The van der Waals surface area contributed by atoms with Crippen molar-refractivity contribution in [2.75, 3.05) is 12.8 Å². The van der Waals surface area contributed by atoms with E-state index in [9.17, 15) is 9.18 Å². The lowest BCUT2D eigenvalue weighted by Crippen LogP contribution is -2.27. The molecule has 0 aliphatic rings. The van der Waals surface area contributed by atoms with Crippen molar-refractivity contribution < 1.29 is 9.18 Å². The molecule has 2 N–H and O–H groups in total. The van der Waals surface area contributed by atoms with Crippen molar-refractivity contribution in [3.05, 3.63) is 65.0 Å². The van der Waals surface area contributed by atoms with Crippen molar-refractivity contribution in [2.24, 2.45) is 0 Å². The van der Waals surface area contributed by atoms with Crippen molar-refractivity contribution in [3.63, 3.8) is 0 Å². The maximum absolute atomic E-state index is 13.1. The zero-order valence-electron chi connectivity index (χ0n) is 11.6. The molecule has 2 aromatic carbocycles. The number of nitrogens with two attached hydrogens (primary N) is 1. The Morgan fingerprint density at radius 3 is 2.65 bits per heavy atom. The van der Waals surface area contributed by atoms with Crippen LogP contribution in [0.4, 0.5) is 10.1 Å². The summed E-state index contributed by atoms with van der Waals surface area (Å²) in [5.41, 5.74) is 8.55. The standard InChI is InChI=1S/C16H17FN2O/c1-11-6-7-14(15(18)8-11)16(20)19(2)10-12-4-3-5-13(17)9-12/h3-9H,10,18H2,1-2H3. The number of hydrogen-bond acceptors (Lipinski definition) is 2. The number of nitrogen functional groups attached to an aromatic ring is 1. The highest BCUT2D eigenvalue weighted by Gasteiger charge is 2.15. The molecule has 0 atom stereocenters. The Morgan fingerprint density at radius 2 is 2.00 bits per heavy atom. The van der Waals surface area contributed by atoms with Gasteiger partial charge in [-0.25, -0.2) is 4.39 Å². The highest BCUT2D eigenvalue weighted by Crippen LogP contribution is 2.17. The topological polar surface area (TPSA) is 46.3 Å². The molecule has 0 fully saturated rings. The molecule has 0 radical (unpaired) electrons. The van der Waals surface area contributed by atoms with Crippen LogP contribution in [0.3, 0.4) is 0 Å². The lowest BCUT2D eigenvalue weighted by Gasteiger charge is -2.18. The maximum Gasteiger partial charge on any atom is 0.255 e. The van der Waals surface area contributed by atoms with E-state index in [1.807, 2.05) is 13.0 Å². The van der Waals surface area contributed by atoms with Gasteiger partial charge < -0.3 is 10.6 Å². The number of nitrogens with zero attached hydrogens (tertiary/aromatic N) is 1. The third-order valence-electron chi connectivity index (χ3n) is 3.09. The Kier molecular flexibility index (Phi) is 4.03. The molecule has 0 spiro atoms. The largest absolute Gasteiger partial charge is 0.398 e. The molecule has 3 nitrogen and oxygen atoms in total. The van der Waals surface area contributed by atoms with Gasteiger partial charge in [0.05, 0.1) is 5.56 Å². The van der Waals surface area contributed by atoms with Crippen LogP contribution in [0.25, 0.3) is 0 Å². The minimum atomic E-state index is -0.307. The summed E-state index contributed by atoms with van der Waals surface area (Å²) < 4.78 is 13.1. The number of rotatable bonds is 3. The van der Waals surface area contributed by atoms with Gasteiger partial charge in [-0.1, -0.05) is 18.2 Å². The molecule has 0 heterocycles. The van der Waals surface area contributed by atoms with Gasteiger partial charge in [0, 0.05) is 19.3 Å². The Hall–Kier alpha value is -2.36. The van der Waals surface area contributed by atoms with E-state index in [1.54, 1.807) is 31.3 Å².